The van der Waals surface area contributed by atoms with E-state index in [1.54, 1.807) is 0 Å². The predicted octanol–water partition coefficient (Wildman–Crippen LogP) is 1.39. The van der Waals surface area contributed by atoms with Gasteiger partial charge in [-0.25, -0.2) is 17.9 Å². The summed E-state index contributed by atoms with van der Waals surface area (Å²) < 4.78 is 29.1. The summed E-state index contributed by atoms with van der Waals surface area (Å²) in [6, 6.07) is 7.58. The van der Waals surface area contributed by atoms with Crippen LogP contribution in [-0.4, -0.2) is 29.3 Å². The van der Waals surface area contributed by atoms with E-state index in [1.807, 2.05) is 31.2 Å². The van der Waals surface area contributed by atoms with Gasteiger partial charge in [-0.1, -0.05) is 24.3 Å². The number of aryl methyl sites for hydroxylation is 2. The highest BCUT2D eigenvalue weighted by Gasteiger charge is 2.49. The van der Waals surface area contributed by atoms with E-state index in [-0.39, 0.29) is 10.6 Å². The number of rotatable bonds is 5. The number of carbonyl (C=O) groups is 1. The summed E-state index contributed by atoms with van der Waals surface area (Å²) in [5.41, 5.74) is 0.912. The molecule has 0 bridgehead atoms. The average molecular weight is 335 g/mol. The van der Waals surface area contributed by atoms with E-state index in [2.05, 4.69) is 9.82 Å². The van der Waals surface area contributed by atoms with Gasteiger partial charge in [0.25, 0.3) is 0 Å². The molecular formula is C15H17N3O4S. The third-order valence-corrected chi connectivity index (χ3v) is 5.67. The molecule has 2 aromatic rings. The second-order valence-electron chi connectivity index (χ2n) is 5.79. The molecule has 1 aromatic heterocycles. The quantitative estimate of drug-likeness (QED) is 0.860. The largest absolute Gasteiger partial charge is 0.476 e. The van der Waals surface area contributed by atoms with Gasteiger partial charge in [-0.3, -0.25) is 4.68 Å². The lowest BCUT2D eigenvalue weighted by molar-refractivity contribution is 0.0680. The number of carboxylic acid groups (broad SMARTS) is 1. The van der Waals surface area contributed by atoms with E-state index >= 15 is 0 Å². The molecule has 1 aliphatic carbocycles. The number of sulfonamides is 1. The van der Waals surface area contributed by atoms with Gasteiger partial charge in [0.15, 0.2) is 5.69 Å². The van der Waals surface area contributed by atoms with E-state index < -0.39 is 21.5 Å². The summed E-state index contributed by atoms with van der Waals surface area (Å²) in [6.07, 6.45) is 2.43. The molecule has 0 radical (unpaired) electrons. The van der Waals surface area contributed by atoms with Crippen molar-refractivity contribution in [3.63, 3.8) is 0 Å². The first-order chi connectivity index (χ1) is 10.8. The molecule has 1 aromatic carbocycles. The first kappa shape index (κ1) is 15.7. The number of nitrogens with zero attached hydrogens (tertiary/aromatic N) is 2. The predicted molar refractivity (Wildman–Crippen MR) is 82.6 cm³/mol. The van der Waals surface area contributed by atoms with Crippen molar-refractivity contribution < 1.29 is 18.3 Å². The lowest BCUT2D eigenvalue weighted by Crippen LogP contribution is -2.36. The summed E-state index contributed by atoms with van der Waals surface area (Å²) in [5.74, 6) is -1.33. The lowest BCUT2D eigenvalue weighted by Gasteiger charge is -2.19. The maximum Gasteiger partial charge on any atom is 0.355 e. The van der Waals surface area contributed by atoms with Gasteiger partial charge in [0, 0.05) is 7.05 Å². The molecule has 7 nitrogen and oxygen atoms in total. The second kappa shape index (κ2) is 5.17. The maximum atomic E-state index is 12.7. The first-order valence-corrected chi connectivity index (χ1v) is 8.60. The topological polar surface area (TPSA) is 101 Å². The van der Waals surface area contributed by atoms with Crippen LogP contribution in [0.15, 0.2) is 35.4 Å². The van der Waals surface area contributed by atoms with E-state index in [9.17, 15) is 18.3 Å². The summed E-state index contributed by atoms with van der Waals surface area (Å²) in [6.45, 7) is 1.93. The second-order valence-corrected chi connectivity index (χ2v) is 7.44. The van der Waals surface area contributed by atoms with Crippen molar-refractivity contribution in [3.05, 3.63) is 47.3 Å². The molecule has 1 aliphatic rings. The number of hydrogen-bond acceptors (Lipinski definition) is 4. The van der Waals surface area contributed by atoms with Crippen LogP contribution in [0.2, 0.25) is 0 Å². The highest BCUT2D eigenvalue weighted by Crippen LogP contribution is 2.47. The average Bonchev–Trinajstić information content (AvgIpc) is 3.10. The van der Waals surface area contributed by atoms with Crippen LogP contribution in [0, 0.1) is 6.92 Å². The molecule has 3 rings (SSSR count). The van der Waals surface area contributed by atoms with Crippen molar-refractivity contribution in [1.82, 2.24) is 14.5 Å². The maximum absolute atomic E-state index is 12.7. The fraction of sp³-hybridized carbons (Fsp3) is 0.333. The van der Waals surface area contributed by atoms with Crippen LogP contribution >= 0.6 is 0 Å². The molecule has 0 atom stereocenters. The Morgan fingerprint density at radius 1 is 1.35 bits per heavy atom. The minimum atomic E-state index is -3.99. The van der Waals surface area contributed by atoms with Crippen LogP contribution in [0.25, 0.3) is 0 Å². The Morgan fingerprint density at radius 2 is 2.00 bits per heavy atom. The normalized spacial score (nSPS) is 16.3. The molecule has 2 N–H and O–H groups in total. The number of aromatic carboxylic acids is 1. The van der Waals surface area contributed by atoms with Crippen LogP contribution in [0.5, 0.6) is 0 Å². The Kier molecular flexibility index (Phi) is 3.53. The molecule has 122 valence electrons. The third kappa shape index (κ3) is 2.64. The third-order valence-electron chi connectivity index (χ3n) is 4.14. The molecule has 1 fully saturated rings. The number of carboxylic acids is 1. The van der Waals surface area contributed by atoms with Gasteiger partial charge < -0.3 is 5.11 Å². The van der Waals surface area contributed by atoms with Crippen molar-refractivity contribution in [2.45, 2.75) is 30.2 Å². The van der Waals surface area contributed by atoms with Crippen molar-refractivity contribution in [1.29, 1.82) is 0 Å². The first-order valence-electron chi connectivity index (χ1n) is 7.12. The number of nitrogens with one attached hydrogen (secondary N) is 1. The molecule has 0 spiro atoms. The van der Waals surface area contributed by atoms with Gasteiger partial charge in [-0.2, -0.15) is 5.10 Å². The van der Waals surface area contributed by atoms with Crippen molar-refractivity contribution in [2.75, 3.05) is 0 Å². The summed E-state index contributed by atoms with van der Waals surface area (Å²) in [4.78, 5) is 11.0. The Morgan fingerprint density at radius 3 is 2.57 bits per heavy atom. The van der Waals surface area contributed by atoms with Gasteiger partial charge in [-0.05, 0) is 30.9 Å². The van der Waals surface area contributed by atoms with Crippen molar-refractivity contribution in [3.8, 4) is 0 Å². The van der Waals surface area contributed by atoms with Gasteiger partial charge in [-0.15, -0.1) is 0 Å². The Balaban J connectivity index is 2.00. The molecule has 1 saturated carbocycles. The van der Waals surface area contributed by atoms with Crippen LogP contribution < -0.4 is 4.72 Å². The Bertz CT molecular complexity index is 882. The molecule has 0 amide bonds. The van der Waals surface area contributed by atoms with E-state index in [0.29, 0.717) is 12.8 Å². The van der Waals surface area contributed by atoms with Crippen molar-refractivity contribution >= 4 is 16.0 Å². The zero-order valence-electron chi connectivity index (χ0n) is 12.8. The van der Waals surface area contributed by atoms with Gasteiger partial charge in [0.05, 0.1) is 11.7 Å². The van der Waals surface area contributed by atoms with E-state index in [1.165, 1.54) is 7.05 Å². The molecule has 1 heterocycles. The SMILES string of the molecule is Cc1ccccc1C1(NS(=O)(=O)c2cnn(C)c2C(=O)O)CC1. The monoisotopic (exact) mass is 335 g/mol. The fourth-order valence-electron chi connectivity index (χ4n) is 2.83. The molecule has 23 heavy (non-hydrogen) atoms. The van der Waals surface area contributed by atoms with E-state index in [0.717, 1.165) is 22.0 Å². The molecule has 8 heteroatoms. The molecule has 0 saturated heterocycles. The van der Waals surface area contributed by atoms with E-state index in [4.69, 9.17) is 0 Å². The number of aromatic nitrogens is 2. The highest BCUT2D eigenvalue weighted by atomic mass is 32.2. The van der Waals surface area contributed by atoms with Gasteiger partial charge in [0.1, 0.15) is 4.90 Å². The molecular weight excluding hydrogens is 318 g/mol. The zero-order valence-corrected chi connectivity index (χ0v) is 13.6. The van der Waals surface area contributed by atoms with Crippen LogP contribution in [0.4, 0.5) is 0 Å². The lowest BCUT2D eigenvalue weighted by atomic mass is 10.0. The minimum absolute atomic E-state index is 0.313. The highest BCUT2D eigenvalue weighted by molar-refractivity contribution is 7.89. The fourth-order valence-corrected chi connectivity index (χ4v) is 4.43. The van der Waals surface area contributed by atoms with Crippen LogP contribution in [-0.2, 0) is 22.6 Å². The number of hydrogen-bond donors (Lipinski definition) is 2. The molecule has 0 aliphatic heterocycles. The summed E-state index contributed by atoms with van der Waals surface area (Å²) in [7, 11) is -2.59. The van der Waals surface area contributed by atoms with Crippen molar-refractivity contribution in [2.24, 2.45) is 7.05 Å². The zero-order chi connectivity index (χ0) is 16.8. The van der Waals surface area contributed by atoms with Gasteiger partial charge in [0.2, 0.25) is 10.0 Å². The summed E-state index contributed by atoms with van der Waals surface area (Å²) >= 11 is 0. The summed E-state index contributed by atoms with van der Waals surface area (Å²) in [5, 5.41) is 13.0. The Hall–Kier alpha value is -2.19. The van der Waals surface area contributed by atoms with Crippen LogP contribution in [0.3, 0.4) is 0 Å². The Labute approximate surface area is 134 Å². The van der Waals surface area contributed by atoms with Crippen LogP contribution in [0.1, 0.15) is 34.5 Å². The standard InChI is InChI=1S/C15H17N3O4S/c1-10-5-3-4-6-11(10)15(7-8-15)17-23(21,22)12-9-16-18(2)13(12)14(19)20/h3-6,9,17H,7-8H2,1-2H3,(H,19,20). The van der Waals surface area contributed by atoms with Gasteiger partial charge >= 0.3 is 5.97 Å². The smallest absolute Gasteiger partial charge is 0.355 e. The molecule has 0 unspecified atom stereocenters. The number of benzene rings is 1. The minimum Gasteiger partial charge on any atom is -0.476 e.